The second-order valence-electron chi connectivity index (χ2n) is 8.37. The quantitative estimate of drug-likeness (QED) is 0.0458. The molecule has 1 fully saturated rings. The van der Waals surface area contributed by atoms with Gasteiger partial charge < -0.3 is 36.6 Å². The Balaban J connectivity index is 1.68. The minimum absolute atomic E-state index is 0.00717. The highest BCUT2D eigenvalue weighted by molar-refractivity contribution is 8.00. The van der Waals surface area contributed by atoms with Crippen molar-refractivity contribution in [1.29, 1.82) is 0 Å². The number of aliphatic carboxylic acids is 2. The standard InChI is InChI=1S/C21H21N9O7S3/c1-29-10(4-11(22)26-19(29)23)8-5-39-18-21(7-38,17(36)30(18)14(8)16(34)35)27-15(33)13(9-6-40-20(24)25-9)28-37-3-2-12(31)32/h4,6-7,18H,2-3,5H2,1H3,(H8,22,23,24,25,26,27,31,32,33,34,35)/b28-13-/t18-,21+/m1/s1. The minimum Gasteiger partial charge on any atom is -0.543 e. The first kappa shape index (κ1) is 28.6. The number of thiazole rings is 1. The molecule has 2 aliphatic heterocycles. The molecule has 19 heteroatoms. The zero-order valence-electron chi connectivity index (χ0n) is 20.5. The lowest BCUT2D eigenvalue weighted by molar-refractivity contribution is -0.661. The van der Waals surface area contributed by atoms with Crippen molar-refractivity contribution in [2.24, 2.45) is 12.2 Å². The van der Waals surface area contributed by atoms with Gasteiger partial charge in [0.1, 0.15) is 23.4 Å². The number of oxime groups is 1. The maximum absolute atomic E-state index is 13.5. The second kappa shape index (κ2) is 11.0. The van der Waals surface area contributed by atoms with E-state index in [2.05, 4.69) is 20.4 Å². The molecule has 2 atom stereocenters. The van der Waals surface area contributed by atoms with Gasteiger partial charge in [-0.2, -0.15) is 0 Å². The maximum Gasteiger partial charge on any atom is 0.391 e. The van der Waals surface area contributed by atoms with Gasteiger partial charge in [0.15, 0.2) is 16.4 Å². The highest BCUT2D eigenvalue weighted by Gasteiger charge is 2.64. The van der Waals surface area contributed by atoms with Crippen LogP contribution in [-0.4, -0.2) is 78.1 Å². The van der Waals surface area contributed by atoms with Crippen LogP contribution in [0.3, 0.4) is 0 Å². The Hall–Kier alpha value is -4.36. The first-order valence-electron chi connectivity index (χ1n) is 11.1. The molecular weight excluding hydrogens is 586 g/mol. The number of amides is 2. The number of nitrogen functional groups attached to an aromatic ring is 3. The fraction of sp³-hybridized carbons (Fsp3) is 0.286. The number of aromatic nitrogens is 3. The van der Waals surface area contributed by atoms with Crippen LogP contribution in [0.5, 0.6) is 0 Å². The van der Waals surface area contributed by atoms with Crippen LogP contribution in [-0.2, 0) is 31.1 Å². The number of rotatable bonds is 10. The Bertz CT molecular complexity index is 1510. The molecule has 1 saturated heterocycles. The van der Waals surface area contributed by atoms with E-state index in [4.69, 9.17) is 39.4 Å². The summed E-state index contributed by atoms with van der Waals surface area (Å²) in [5.41, 5.74) is 15.2. The van der Waals surface area contributed by atoms with Crippen LogP contribution in [0.25, 0.3) is 5.57 Å². The zero-order chi connectivity index (χ0) is 29.4. The summed E-state index contributed by atoms with van der Waals surface area (Å²) in [6.45, 7) is -0.348. The topological polar surface area (TPSA) is 256 Å². The van der Waals surface area contributed by atoms with Crippen molar-refractivity contribution < 1.29 is 38.8 Å². The molecule has 16 nitrogen and oxygen atoms in total. The van der Waals surface area contributed by atoms with Crippen LogP contribution >= 0.6 is 35.3 Å². The van der Waals surface area contributed by atoms with Gasteiger partial charge in [0.05, 0.1) is 25.1 Å². The first-order valence-corrected chi connectivity index (χ1v) is 13.5. The summed E-state index contributed by atoms with van der Waals surface area (Å²) in [5.74, 6) is -4.46. The van der Waals surface area contributed by atoms with E-state index in [1.165, 1.54) is 16.0 Å². The number of β-lactam (4-membered cyclic amide) rings is 1. The molecule has 4 rings (SSSR count). The summed E-state index contributed by atoms with van der Waals surface area (Å²) in [4.78, 5) is 63.8. The first-order chi connectivity index (χ1) is 18.9. The number of carbonyl (C=O) groups excluding carboxylic acids is 3. The molecule has 2 amide bonds. The molecule has 0 spiro atoms. The average Bonchev–Trinajstić information content (AvgIpc) is 3.33. The van der Waals surface area contributed by atoms with E-state index in [1.54, 1.807) is 7.05 Å². The number of carboxylic acid groups (broad SMARTS) is 2. The highest BCUT2D eigenvalue weighted by Crippen LogP contribution is 2.47. The average molecular weight is 608 g/mol. The Morgan fingerprint density at radius 3 is 2.73 bits per heavy atom. The van der Waals surface area contributed by atoms with E-state index in [1.807, 2.05) is 0 Å². The normalized spacial score (nSPS) is 20.4. The Morgan fingerprint density at radius 2 is 2.12 bits per heavy atom. The number of thioether (sulfide) groups is 1. The molecule has 0 bridgehead atoms. The van der Waals surface area contributed by atoms with Gasteiger partial charge in [-0.05, 0) is 0 Å². The van der Waals surface area contributed by atoms with Crippen molar-refractivity contribution in [3.63, 3.8) is 0 Å². The summed E-state index contributed by atoms with van der Waals surface area (Å²) in [5, 5.41) is 28.9. The van der Waals surface area contributed by atoms with Gasteiger partial charge in [-0.25, -0.2) is 9.55 Å². The van der Waals surface area contributed by atoms with E-state index in [0.29, 0.717) is 5.69 Å². The fourth-order valence-corrected chi connectivity index (χ4v) is 6.37. The molecule has 4 heterocycles. The number of nitrogens with one attached hydrogen (secondary N) is 1. The van der Waals surface area contributed by atoms with Crippen LogP contribution in [0.2, 0.25) is 0 Å². The number of carbonyl (C=O) groups is 4. The molecule has 2 aliphatic rings. The van der Waals surface area contributed by atoms with E-state index in [9.17, 15) is 24.3 Å². The van der Waals surface area contributed by atoms with Gasteiger partial charge in [-0.15, -0.1) is 23.1 Å². The van der Waals surface area contributed by atoms with E-state index in [0.717, 1.165) is 33.4 Å². The summed E-state index contributed by atoms with van der Waals surface area (Å²) in [6, 6.07) is 1.42. The van der Waals surface area contributed by atoms with Gasteiger partial charge >= 0.3 is 11.9 Å². The lowest BCUT2D eigenvalue weighted by Gasteiger charge is -2.56. The van der Waals surface area contributed by atoms with Crippen LogP contribution in [0.1, 0.15) is 17.8 Å². The summed E-state index contributed by atoms with van der Waals surface area (Å²) in [7, 11) is 1.55. The Labute approximate surface area is 238 Å². The number of fused-ring (bicyclic) bond motifs is 1. The van der Waals surface area contributed by atoms with E-state index >= 15 is 0 Å². The number of nitrogens with two attached hydrogens (primary N) is 3. The van der Waals surface area contributed by atoms with Crippen molar-refractivity contribution in [3.8, 4) is 0 Å². The Kier molecular flexibility index (Phi) is 7.89. The largest absolute Gasteiger partial charge is 0.543 e. The van der Waals surface area contributed by atoms with Gasteiger partial charge in [-0.3, -0.25) is 25.0 Å². The summed E-state index contributed by atoms with van der Waals surface area (Å²) in [6.07, 6.45) is -0.388. The molecule has 2 aromatic rings. The van der Waals surface area contributed by atoms with Crippen molar-refractivity contribution >= 4 is 92.6 Å². The summed E-state index contributed by atoms with van der Waals surface area (Å²) < 4.78 is 1.42. The molecule has 0 aromatic carbocycles. The maximum atomic E-state index is 13.5. The van der Waals surface area contributed by atoms with Crippen molar-refractivity contribution in [2.75, 3.05) is 29.6 Å². The monoisotopic (exact) mass is 607 g/mol. The number of hydrogen-bond acceptors (Lipinski definition) is 15. The highest BCUT2D eigenvalue weighted by atomic mass is 32.2. The zero-order valence-corrected chi connectivity index (χ0v) is 23.0. The van der Waals surface area contributed by atoms with Crippen molar-refractivity contribution in [2.45, 2.75) is 17.3 Å². The van der Waals surface area contributed by atoms with Gasteiger partial charge in [-0.1, -0.05) is 22.4 Å². The molecule has 2 aromatic heterocycles. The van der Waals surface area contributed by atoms with Crippen LogP contribution < -0.4 is 32.2 Å². The lowest BCUT2D eigenvalue weighted by Crippen LogP contribution is -2.81. The molecule has 0 radical (unpaired) electrons. The number of anilines is 3. The predicted octanol–water partition coefficient (Wildman–Crippen LogP) is -2.76. The van der Waals surface area contributed by atoms with Crippen LogP contribution in [0.15, 0.2) is 22.3 Å². The molecule has 8 N–H and O–H groups in total. The Morgan fingerprint density at radius 1 is 1.40 bits per heavy atom. The number of nitrogens with zero attached hydrogens (tertiary/aromatic N) is 5. The molecular formula is C21H21N9O7S3. The third-order valence-electron chi connectivity index (χ3n) is 5.89. The fourth-order valence-electron chi connectivity index (χ4n) is 4.00. The number of carboxylic acids is 2. The molecule has 0 aliphatic carbocycles. The van der Waals surface area contributed by atoms with Crippen LogP contribution in [0.4, 0.5) is 16.9 Å². The van der Waals surface area contributed by atoms with Crippen molar-refractivity contribution in [1.82, 2.24) is 20.2 Å². The lowest BCUT2D eigenvalue weighted by atomic mass is 9.87. The van der Waals surface area contributed by atoms with Gasteiger partial charge in [0.25, 0.3) is 11.8 Å². The SMILES string of the molecule is C[n+]1c(C2=C(C(=O)[O-])N3C(=O)[C@](C=S)(NC(=O)/C(=N\OCCC(=O)O)c4csc(N)n4)[C@H]3SC2)cc(N)nc1N. The van der Waals surface area contributed by atoms with Gasteiger partial charge in [0, 0.05) is 28.1 Å². The van der Waals surface area contributed by atoms with E-state index < -0.39 is 46.1 Å². The smallest absolute Gasteiger partial charge is 0.391 e. The van der Waals surface area contributed by atoms with Crippen LogP contribution in [0, 0.1) is 0 Å². The number of thiocarbonyl (C=S) groups is 1. The minimum atomic E-state index is -1.81. The molecule has 210 valence electrons. The second-order valence-corrected chi connectivity index (χ2v) is 10.6. The molecule has 0 saturated carbocycles. The molecule has 40 heavy (non-hydrogen) atoms. The third kappa shape index (κ3) is 5.00. The van der Waals surface area contributed by atoms with E-state index in [-0.39, 0.29) is 46.9 Å². The molecule has 0 unspecified atom stereocenters. The summed E-state index contributed by atoms with van der Waals surface area (Å²) >= 11 is 7.27. The number of hydrogen-bond donors (Lipinski definition) is 5. The van der Waals surface area contributed by atoms with Crippen molar-refractivity contribution in [3.05, 3.63) is 28.5 Å². The van der Waals surface area contributed by atoms with Gasteiger partial charge in [0.2, 0.25) is 5.82 Å². The predicted molar refractivity (Wildman–Crippen MR) is 145 cm³/mol. The third-order valence-corrected chi connectivity index (χ3v) is 8.29.